The normalized spacial score (nSPS) is 30.9. The van der Waals surface area contributed by atoms with Crippen molar-refractivity contribution in [1.29, 1.82) is 0 Å². The average Bonchev–Trinajstić information content (AvgIpc) is 2.14. The summed E-state index contributed by atoms with van der Waals surface area (Å²) in [7, 11) is 0. The number of carbonyl (C=O) groups excluding carboxylic acids is 1. The Balaban J connectivity index is 2.29. The lowest BCUT2D eigenvalue weighted by Crippen LogP contribution is -2.43. The largest absolute Gasteiger partial charge is 0.302 e. The summed E-state index contributed by atoms with van der Waals surface area (Å²) in [5.41, 5.74) is 0.365. The van der Waals surface area contributed by atoms with Gasteiger partial charge in [-0.15, -0.1) is 0 Å². The third-order valence-electron chi connectivity index (χ3n) is 2.82. The first kappa shape index (κ1) is 9.84. The van der Waals surface area contributed by atoms with Crippen LogP contribution in [0.4, 0.5) is 4.39 Å². The molecule has 0 heterocycles. The van der Waals surface area contributed by atoms with Crippen molar-refractivity contribution in [3.63, 3.8) is 0 Å². The molecular weight excluding hydrogens is 247 g/mol. The minimum absolute atomic E-state index is 0.331. The van der Waals surface area contributed by atoms with Gasteiger partial charge in [0.1, 0.15) is 12.5 Å². The van der Waals surface area contributed by atoms with E-state index >= 15 is 0 Å². The van der Waals surface area contributed by atoms with Crippen LogP contribution in [0, 0.1) is 0 Å². The van der Waals surface area contributed by atoms with Gasteiger partial charge in [-0.25, -0.2) is 4.39 Å². The highest BCUT2D eigenvalue weighted by atomic mass is 79.9. The van der Waals surface area contributed by atoms with Crippen LogP contribution in [0.25, 0.3) is 0 Å². The third kappa shape index (κ3) is 1.50. The van der Waals surface area contributed by atoms with E-state index in [0.29, 0.717) is 12.8 Å². The second-order valence-electron chi connectivity index (χ2n) is 3.79. The van der Waals surface area contributed by atoms with Gasteiger partial charge >= 0.3 is 0 Å². The van der Waals surface area contributed by atoms with Gasteiger partial charge in [0, 0.05) is 4.47 Å². The molecule has 1 aliphatic carbocycles. The summed E-state index contributed by atoms with van der Waals surface area (Å²) in [4.78, 5) is 11.0. The first-order valence-electron chi connectivity index (χ1n) is 4.53. The summed E-state index contributed by atoms with van der Waals surface area (Å²) < 4.78 is 13.8. The molecule has 0 amide bonds. The molecule has 1 aliphatic rings. The number of rotatable bonds is 2. The minimum Gasteiger partial charge on any atom is -0.302 e. The van der Waals surface area contributed by atoms with Crippen molar-refractivity contribution in [2.45, 2.75) is 24.4 Å². The van der Waals surface area contributed by atoms with Gasteiger partial charge in [0.25, 0.3) is 0 Å². The Morgan fingerprint density at radius 3 is 2.36 bits per heavy atom. The molecule has 0 unspecified atom stereocenters. The minimum atomic E-state index is -0.816. The monoisotopic (exact) mass is 256 g/mol. The maximum atomic E-state index is 12.8. The fourth-order valence-corrected chi connectivity index (χ4v) is 2.18. The van der Waals surface area contributed by atoms with Crippen LogP contribution >= 0.6 is 15.9 Å². The lowest BCUT2D eigenvalue weighted by Gasteiger charge is -2.40. The van der Waals surface area contributed by atoms with Crippen LogP contribution in [0.5, 0.6) is 0 Å². The molecule has 0 spiro atoms. The molecule has 14 heavy (non-hydrogen) atoms. The van der Waals surface area contributed by atoms with E-state index in [0.717, 1.165) is 16.3 Å². The van der Waals surface area contributed by atoms with E-state index < -0.39 is 11.6 Å². The van der Waals surface area contributed by atoms with Gasteiger partial charge in [-0.05, 0) is 30.5 Å². The smallest absolute Gasteiger partial charge is 0.130 e. The standard InChI is InChI=1S/C11H10BrFO/c12-9-3-1-8(2-4-9)11(7-14)5-10(13)6-11/h1-4,7,10H,5-6H2. The van der Waals surface area contributed by atoms with Crippen molar-refractivity contribution in [3.05, 3.63) is 34.3 Å². The fraction of sp³-hybridized carbons (Fsp3) is 0.364. The van der Waals surface area contributed by atoms with Gasteiger partial charge in [0.05, 0.1) is 5.41 Å². The predicted molar refractivity (Wildman–Crippen MR) is 56.0 cm³/mol. The Kier molecular flexibility index (Phi) is 2.43. The van der Waals surface area contributed by atoms with E-state index in [-0.39, 0.29) is 0 Å². The molecule has 0 radical (unpaired) electrons. The fourth-order valence-electron chi connectivity index (χ4n) is 1.91. The second-order valence-corrected chi connectivity index (χ2v) is 4.70. The van der Waals surface area contributed by atoms with Gasteiger partial charge in [0.2, 0.25) is 0 Å². The second kappa shape index (κ2) is 3.46. The van der Waals surface area contributed by atoms with Crippen molar-refractivity contribution in [2.24, 2.45) is 0 Å². The molecule has 0 aliphatic heterocycles. The molecule has 1 aromatic carbocycles. The van der Waals surface area contributed by atoms with Crippen molar-refractivity contribution in [3.8, 4) is 0 Å². The molecule has 3 heteroatoms. The van der Waals surface area contributed by atoms with Gasteiger partial charge < -0.3 is 4.79 Å². The Labute approximate surface area is 90.4 Å². The maximum absolute atomic E-state index is 12.8. The SMILES string of the molecule is O=CC1(c2ccc(Br)cc2)CC(F)C1. The van der Waals surface area contributed by atoms with Crippen molar-refractivity contribution < 1.29 is 9.18 Å². The number of hydrogen-bond donors (Lipinski definition) is 0. The van der Waals surface area contributed by atoms with Crippen LogP contribution in [0.3, 0.4) is 0 Å². The summed E-state index contributed by atoms with van der Waals surface area (Å²) >= 11 is 3.32. The molecule has 0 saturated heterocycles. The van der Waals surface area contributed by atoms with E-state index in [1.165, 1.54) is 0 Å². The Morgan fingerprint density at radius 1 is 1.36 bits per heavy atom. The van der Waals surface area contributed by atoms with E-state index in [4.69, 9.17) is 0 Å². The summed E-state index contributed by atoms with van der Waals surface area (Å²) in [6, 6.07) is 7.52. The Hall–Kier alpha value is -0.700. The van der Waals surface area contributed by atoms with Crippen molar-refractivity contribution in [2.75, 3.05) is 0 Å². The highest BCUT2D eigenvalue weighted by Gasteiger charge is 2.45. The summed E-state index contributed by atoms with van der Waals surface area (Å²) in [5.74, 6) is 0. The first-order valence-corrected chi connectivity index (χ1v) is 5.32. The van der Waals surface area contributed by atoms with Gasteiger partial charge in [-0.2, -0.15) is 0 Å². The van der Waals surface area contributed by atoms with Crippen LogP contribution in [0.1, 0.15) is 18.4 Å². The third-order valence-corrected chi connectivity index (χ3v) is 3.34. The quantitative estimate of drug-likeness (QED) is 0.744. The van der Waals surface area contributed by atoms with Crippen LogP contribution in [-0.2, 0) is 10.2 Å². The molecule has 2 rings (SSSR count). The van der Waals surface area contributed by atoms with E-state index in [9.17, 15) is 9.18 Å². The molecule has 1 nitrogen and oxygen atoms in total. The molecule has 0 bridgehead atoms. The molecular formula is C11H10BrFO. The van der Waals surface area contributed by atoms with Gasteiger partial charge in [0.15, 0.2) is 0 Å². The predicted octanol–water partition coefficient (Wildman–Crippen LogP) is 3.02. The number of halogens is 2. The zero-order chi connectivity index (χ0) is 10.2. The van der Waals surface area contributed by atoms with E-state index in [1.807, 2.05) is 24.3 Å². The first-order chi connectivity index (χ1) is 6.66. The number of aldehydes is 1. The molecule has 0 atom stereocenters. The average molecular weight is 257 g/mol. The lowest BCUT2D eigenvalue weighted by atomic mass is 9.64. The van der Waals surface area contributed by atoms with E-state index in [2.05, 4.69) is 15.9 Å². The van der Waals surface area contributed by atoms with Crippen LogP contribution in [-0.4, -0.2) is 12.5 Å². The number of benzene rings is 1. The van der Waals surface area contributed by atoms with Crippen LogP contribution < -0.4 is 0 Å². The van der Waals surface area contributed by atoms with Gasteiger partial charge in [-0.3, -0.25) is 0 Å². The Bertz CT molecular complexity index is 341. The number of alkyl halides is 1. The number of carbonyl (C=O) groups is 1. The van der Waals surface area contributed by atoms with Gasteiger partial charge in [-0.1, -0.05) is 28.1 Å². The molecule has 1 fully saturated rings. The summed E-state index contributed by atoms with van der Waals surface area (Å²) in [5, 5.41) is 0. The van der Waals surface area contributed by atoms with Crippen molar-refractivity contribution >= 4 is 22.2 Å². The molecule has 1 aromatic rings. The molecule has 1 saturated carbocycles. The molecule has 74 valence electrons. The maximum Gasteiger partial charge on any atom is 0.130 e. The van der Waals surface area contributed by atoms with Crippen LogP contribution in [0.2, 0.25) is 0 Å². The summed E-state index contributed by atoms with van der Waals surface area (Å²) in [6.45, 7) is 0. The highest BCUT2D eigenvalue weighted by molar-refractivity contribution is 9.10. The van der Waals surface area contributed by atoms with Crippen LogP contribution in [0.15, 0.2) is 28.7 Å². The Morgan fingerprint density at radius 2 is 1.93 bits per heavy atom. The highest BCUT2D eigenvalue weighted by Crippen LogP contribution is 2.43. The zero-order valence-electron chi connectivity index (χ0n) is 7.54. The van der Waals surface area contributed by atoms with Crippen molar-refractivity contribution in [1.82, 2.24) is 0 Å². The molecule has 0 aromatic heterocycles. The molecule has 0 N–H and O–H groups in total. The zero-order valence-corrected chi connectivity index (χ0v) is 9.13. The lowest BCUT2D eigenvalue weighted by molar-refractivity contribution is -0.117. The van der Waals surface area contributed by atoms with E-state index in [1.54, 1.807) is 0 Å². The summed E-state index contributed by atoms with van der Waals surface area (Å²) in [6.07, 6.45) is 0.728. The topological polar surface area (TPSA) is 17.1 Å². The number of hydrogen-bond acceptors (Lipinski definition) is 1.